The number of benzene rings is 3. The number of nitro benzene ring substituents is 1. The predicted octanol–water partition coefficient (Wildman–Crippen LogP) is 3.95. The molecule has 1 saturated heterocycles. The van der Waals surface area contributed by atoms with Crippen LogP contribution in [0.1, 0.15) is 16.7 Å². The van der Waals surface area contributed by atoms with E-state index < -0.39 is 16.7 Å². The summed E-state index contributed by atoms with van der Waals surface area (Å²) in [6, 6.07) is 18.9. The molecule has 0 aliphatic carbocycles. The smallest absolute Gasteiger partial charge is 0.315 e. The average Bonchev–Trinajstić information content (AvgIpc) is 3.11. The van der Waals surface area contributed by atoms with Crippen molar-refractivity contribution in [3.05, 3.63) is 99.1 Å². The number of nitro groups is 1. The van der Waals surface area contributed by atoms with Crippen LogP contribution >= 0.6 is 0 Å². The SMILES string of the molecule is COc1cc(C=C2C(=O)NN(c3ccccc3)C2=O)cc([N+](=O)[O-])c1OCc1cccc(C)c1. The molecule has 0 unspecified atom stereocenters. The van der Waals surface area contributed by atoms with Crippen molar-refractivity contribution in [1.82, 2.24) is 5.43 Å². The zero-order valence-corrected chi connectivity index (χ0v) is 18.5. The minimum absolute atomic E-state index is 0.0377. The number of carbonyl (C=O) groups is 2. The fourth-order valence-corrected chi connectivity index (χ4v) is 3.56. The molecule has 1 N–H and O–H groups in total. The summed E-state index contributed by atoms with van der Waals surface area (Å²) in [6.45, 7) is 2.04. The Balaban J connectivity index is 1.67. The zero-order chi connectivity index (χ0) is 24.2. The summed E-state index contributed by atoms with van der Waals surface area (Å²) in [4.78, 5) is 36.5. The maximum atomic E-state index is 12.8. The van der Waals surface area contributed by atoms with E-state index in [4.69, 9.17) is 9.47 Å². The first-order chi connectivity index (χ1) is 16.4. The molecule has 172 valence electrons. The van der Waals surface area contributed by atoms with Gasteiger partial charge in [0, 0.05) is 6.07 Å². The molecule has 2 amide bonds. The molecule has 0 bridgehead atoms. The van der Waals surface area contributed by atoms with Crippen molar-refractivity contribution in [3.63, 3.8) is 0 Å². The summed E-state index contributed by atoms with van der Waals surface area (Å²) in [6.07, 6.45) is 1.29. The summed E-state index contributed by atoms with van der Waals surface area (Å²) in [7, 11) is 1.36. The summed E-state index contributed by atoms with van der Waals surface area (Å²) in [5, 5.41) is 12.9. The van der Waals surface area contributed by atoms with E-state index in [1.807, 2.05) is 31.2 Å². The number of nitrogens with zero attached hydrogens (tertiary/aromatic N) is 2. The van der Waals surface area contributed by atoms with E-state index in [2.05, 4.69) is 5.43 Å². The van der Waals surface area contributed by atoms with Gasteiger partial charge >= 0.3 is 5.69 Å². The Morgan fingerprint density at radius 2 is 1.82 bits per heavy atom. The lowest BCUT2D eigenvalue weighted by atomic mass is 10.1. The van der Waals surface area contributed by atoms with Gasteiger partial charge < -0.3 is 9.47 Å². The van der Waals surface area contributed by atoms with Crippen LogP contribution < -0.4 is 19.9 Å². The van der Waals surface area contributed by atoms with Crippen LogP contribution in [-0.2, 0) is 16.2 Å². The van der Waals surface area contributed by atoms with Crippen molar-refractivity contribution in [3.8, 4) is 11.5 Å². The van der Waals surface area contributed by atoms with E-state index in [0.717, 1.165) is 16.1 Å². The third kappa shape index (κ3) is 4.58. The molecule has 0 atom stereocenters. The van der Waals surface area contributed by atoms with Crippen LogP contribution in [0.5, 0.6) is 11.5 Å². The van der Waals surface area contributed by atoms with Crippen molar-refractivity contribution < 1.29 is 24.0 Å². The third-order valence-corrected chi connectivity index (χ3v) is 5.16. The number of rotatable bonds is 7. The molecular formula is C25H21N3O6. The number of para-hydroxylation sites is 1. The minimum atomic E-state index is -0.616. The number of hydrogen-bond donors (Lipinski definition) is 1. The van der Waals surface area contributed by atoms with E-state index in [1.165, 1.54) is 25.3 Å². The average molecular weight is 459 g/mol. The number of amides is 2. The molecule has 3 aromatic carbocycles. The highest BCUT2D eigenvalue weighted by atomic mass is 16.6. The Morgan fingerprint density at radius 1 is 1.06 bits per heavy atom. The van der Waals surface area contributed by atoms with Gasteiger partial charge in [0.25, 0.3) is 11.8 Å². The summed E-state index contributed by atoms with van der Waals surface area (Å²) in [5.74, 6) is -1.11. The molecule has 9 heteroatoms. The Hall–Kier alpha value is -4.66. The van der Waals surface area contributed by atoms with Gasteiger partial charge in [0.15, 0.2) is 5.75 Å². The Morgan fingerprint density at radius 3 is 2.50 bits per heavy atom. The van der Waals surface area contributed by atoms with Crippen LogP contribution in [0.4, 0.5) is 11.4 Å². The molecule has 34 heavy (non-hydrogen) atoms. The van der Waals surface area contributed by atoms with Gasteiger partial charge in [0.1, 0.15) is 12.2 Å². The van der Waals surface area contributed by atoms with Crippen molar-refractivity contribution in [1.29, 1.82) is 0 Å². The highest BCUT2D eigenvalue weighted by Crippen LogP contribution is 2.39. The second kappa shape index (κ2) is 9.45. The van der Waals surface area contributed by atoms with Crippen LogP contribution in [0.3, 0.4) is 0 Å². The summed E-state index contributed by atoms with van der Waals surface area (Å²) in [5.41, 5.74) is 4.62. The van der Waals surface area contributed by atoms with E-state index in [9.17, 15) is 19.7 Å². The molecule has 0 spiro atoms. The molecule has 1 aliphatic rings. The van der Waals surface area contributed by atoms with Crippen LogP contribution in [0.15, 0.2) is 72.3 Å². The Bertz CT molecular complexity index is 1300. The standard InChI is InChI=1S/C25H21N3O6/c1-16-7-6-8-17(11-16)15-34-23-21(28(31)32)13-18(14-22(23)33-2)12-20-24(29)26-27(25(20)30)19-9-4-3-5-10-19/h3-14H,15H2,1-2H3,(H,26,29). The van der Waals surface area contributed by atoms with E-state index in [1.54, 1.807) is 30.3 Å². The number of ether oxygens (including phenoxy) is 2. The van der Waals surface area contributed by atoms with Gasteiger partial charge in [-0.1, -0.05) is 48.0 Å². The fraction of sp³-hybridized carbons (Fsp3) is 0.120. The highest BCUT2D eigenvalue weighted by Gasteiger charge is 2.34. The second-order valence-electron chi connectivity index (χ2n) is 7.58. The van der Waals surface area contributed by atoms with Crippen LogP contribution in [0.25, 0.3) is 6.08 Å². The van der Waals surface area contributed by atoms with E-state index in [0.29, 0.717) is 5.69 Å². The van der Waals surface area contributed by atoms with Crippen molar-refractivity contribution in [2.45, 2.75) is 13.5 Å². The minimum Gasteiger partial charge on any atom is -0.493 e. The summed E-state index contributed by atoms with van der Waals surface area (Å²) < 4.78 is 11.1. The molecule has 1 aliphatic heterocycles. The lowest BCUT2D eigenvalue weighted by Gasteiger charge is -2.14. The Labute approximate surface area is 195 Å². The number of hydrazine groups is 1. The predicted molar refractivity (Wildman–Crippen MR) is 125 cm³/mol. The van der Waals surface area contributed by atoms with Crippen LogP contribution in [0, 0.1) is 17.0 Å². The number of hydrogen-bond acceptors (Lipinski definition) is 6. The van der Waals surface area contributed by atoms with Gasteiger partial charge in [0.05, 0.1) is 17.7 Å². The topological polar surface area (TPSA) is 111 Å². The monoisotopic (exact) mass is 459 g/mol. The van der Waals surface area contributed by atoms with Crippen molar-refractivity contribution in [2.75, 3.05) is 12.1 Å². The molecule has 3 aromatic rings. The molecule has 0 saturated carbocycles. The maximum absolute atomic E-state index is 12.8. The lowest BCUT2D eigenvalue weighted by Crippen LogP contribution is -2.35. The first-order valence-electron chi connectivity index (χ1n) is 10.3. The molecular weight excluding hydrogens is 438 g/mol. The molecule has 0 aromatic heterocycles. The van der Waals surface area contributed by atoms with Gasteiger partial charge in [-0.05, 0) is 42.3 Å². The van der Waals surface area contributed by atoms with Crippen LogP contribution in [0.2, 0.25) is 0 Å². The normalized spacial score (nSPS) is 14.3. The molecule has 4 rings (SSSR count). The van der Waals surface area contributed by atoms with Gasteiger partial charge in [0.2, 0.25) is 5.75 Å². The van der Waals surface area contributed by atoms with Crippen LogP contribution in [-0.4, -0.2) is 23.8 Å². The van der Waals surface area contributed by atoms with Gasteiger partial charge in [-0.3, -0.25) is 25.1 Å². The zero-order valence-electron chi connectivity index (χ0n) is 18.5. The van der Waals surface area contributed by atoms with Crippen molar-refractivity contribution in [2.24, 2.45) is 0 Å². The largest absolute Gasteiger partial charge is 0.493 e. The van der Waals surface area contributed by atoms with E-state index in [-0.39, 0.29) is 34.9 Å². The molecule has 9 nitrogen and oxygen atoms in total. The number of aryl methyl sites for hydroxylation is 1. The second-order valence-corrected chi connectivity index (χ2v) is 7.58. The molecule has 1 fully saturated rings. The number of nitrogens with one attached hydrogen (secondary N) is 1. The molecule has 0 radical (unpaired) electrons. The van der Waals surface area contributed by atoms with Gasteiger partial charge in [-0.15, -0.1) is 0 Å². The van der Waals surface area contributed by atoms with Gasteiger partial charge in [-0.2, -0.15) is 0 Å². The number of carbonyl (C=O) groups excluding carboxylic acids is 2. The first kappa shape index (κ1) is 22.5. The quantitative estimate of drug-likeness (QED) is 0.248. The fourth-order valence-electron chi connectivity index (χ4n) is 3.56. The first-order valence-corrected chi connectivity index (χ1v) is 10.3. The van der Waals surface area contributed by atoms with Crippen molar-refractivity contribution >= 4 is 29.3 Å². The molecule has 1 heterocycles. The maximum Gasteiger partial charge on any atom is 0.315 e. The third-order valence-electron chi connectivity index (χ3n) is 5.16. The number of anilines is 1. The van der Waals surface area contributed by atoms with Gasteiger partial charge in [-0.25, -0.2) is 5.01 Å². The highest BCUT2D eigenvalue weighted by molar-refractivity contribution is 6.31. The number of methoxy groups -OCH3 is 1. The summed E-state index contributed by atoms with van der Waals surface area (Å²) >= 11 is 0. The Kier molecular flexibility index (Phi) is 6.26. The lowest BCUT2D eigenvalue weighted by molar-refractivity contribution is -0.386. The van der Waals surface area contributed by atoms with E-state index >= 15 is 0 Å².